The summed E-state index contributed by atoms with van der Waals surface area (Å²) >= 11 is 0. The molecule has 3 nitrogen and oxygen atoms in total. The number of rotatable bonds is 5. The molecule has 0 fully saturated rings. The molecule has 0 aromatic carbocycles. The van der Waals surface area contributed by atoms with Crippen molar-refractivity contribution in [2.75, 3.05) is 6.61 Å². The molecule has 14 heavy (non-hydrogen) atoms. The minimum absolute atomic E-state index is 0. The van der Waals surface area contributed by atoms with Crippen LogP contribution in [0.1, 0.15) is 13.3 Å². The molecule has 1 N–H and O–H groups in total. The van der Waals surface area contributed by atoms with E-state index in [1.54, 1.807) is 6.92 Å². The first kappa shape index (κ1) is 16.4. The van der Waals surface area contributed by atoms with Gasteiger partial charge in [-0.2, -0.15) is 0 Å². The topological polar surface area (TPSA) is 46.5 Å². The summed E-state index contributed by atoms with van der Waals surface area (Å²) in [5.41, 5.74) is 0.417. The van der Waals surface area contributed by atoms with E-state index in [0.717, 1.165) is 12.5 Å². The van der Waals surface area contributed by atoms with Crippen LogP contribution in [0.15, 0.2) is 12.2 Å². The number of hydrogen-bond donors (Lipinski definition) is 1. The zero-order chi connectivity index (χ0) is 10.5. The summed E-state index contributed by atoms with van der Waals surface area (Å²) in [6, 6.07) is 0.760. The fourth-order valence-electron chi connectivity index (χ4n) is 0.793. The van der Waals surface area contributed by atoms with E-state index in [4.69, 9.17) is 4.74 Å². The van der Waals surface area contributed by atoms with Gasteiger partial charge >= 0.3 is 5.97 Å². The predicted octanol–water partition coefficient (Wildman–Crippen LogP) is 1.31. The van der Waals surface area contributed by atoms with Crippen molar-refractivity contribution in [3.63, 3.8) is 0 Å². The van der Waals surface area contributed by atoms with Crippen LogP contribution in [0, 0.1) is 0 Å². The standard InChI is InChI=1S/C9H18O3Si.Li/c1-8(2)9(10)12-6-5-7-13(3,4)11;/h11H,1,5-7H2,2-4H3;. The molecule has 5 heteroatoms. The average molecular weight is 209 g/mol. The molecule has 0 aliphatic carbocycles. The monoisotopic (exact) mass is 209 g/mol. The minimum atomic E-state index is -1.97. The van der Waals surface area contributed by atoms with Gasteiger partial charge in [-0.1, -0.05) is 6.58 Å². The number of carbonyl (C=O) groups excluding carboxylic acids is 1. The van der Waals surface area contributed by atoms with Crippen LogP contribution in [0.5, 0.6) is 0 Å². The second-order valence-electron chi connectivity index (χ2n) is 3.83. The Balaban J connectivity index is 0. The first-order chi connectivity index (χ1) is 5.83. The van der Waals surface area contributed by atoms with Gasteiger partial charge in [0.05, 0.1) is 6.61 Å². The van der Waals surface area contributed by atoms with E-state index in [2.05, 4.69) is 6.58 Å². The summed E-state index contributed by atoms with van der Waals surface area (Å²) in [7, 11) is -1.97. The van der Waals surface area contributed by atoms with E-state index in [0.29, 0.717) is 12.2 Å². The Kier molecular flexibility index (Phi) is 8.56. The van der Waals surface area contributed by atoms with Gasteiger partial charge < -0.3 is 9.53 Å². The third-order valence-corrected chi connectivity index (χ3v) is 3.09. The second kappa shape index (κ2) is 7.30. The third-order valence-electron chi connectivity index (χ3n) is 1.51. The molecule has 0 aliphatic rings. The van der Waals surface area contributed by atoms with Gasteiger partial charge in [-0.3, -0.25) is 0 Å². The number of ether oxygens (including phenoxy) is 1. The molecule has 0 bridgehead atoms. The minimum Gasteiger partial charge on any atom is -0.462 e. The molecule has 0 aliphatic heterocycles. The van der Waals surface area contributed by atoms with E-state index in [9.17, 15) is 9.59 Å². The largest absolute Gasteiger partial charge is 0.462 e. The molecule has 0 aromatic rings. The maximum absolute atomic E-state index is 10.9. The van der Waals surface area contributed by atoms with Crippen molar-refractivity contribution in [2.24, 2.45) is 0 Å². The first-order valence-corrected chi connectivity index (χ1v) is 7.53. The molecule has 0 amide bonds. The van der Waals surface area contributed by atoms with Crippen molar-refractivity contribution in [3.05, 3.63) is 12.2 Å². The van der Waals surface area contributed by atoms with Gasteiger partial charge in [-0.15, -0.1) is 0 Å². The van der Waals surface area contributed by atoms with Crippen LogP contribution < -0.4 is 0 Å². The molecular formula is C9H18LiO3Si. The molecule has 1 radical (unpaired) electrons. The van der Waals surface area contributed by atoms with E-state index in [1.165, 1.54) is 0 Å². The number of carbonyl (C=O) groups is 1. The summed E-state index contributed by atoms with van der Waals surface area (Å²) in [5, 5.41) is 0. The SMILES string of the molecule is C=C(C)C(=O)OCCC[Si](C)(C)O.[Li]. The summed E-state index contributed by atoms with van der Waals surface area (Å²) < 4.78 is 4.87. The van der Waals surface area contributed by atoms with Crippen molar-refractivity contribution in [3.8, 4) is 0 Å². The van der Waals surface area contributed by atoms with Gasteiger partial charge in [-0.05, 0) is 32.5 Å². The van der Waals surface area contributed by atoms with Crippen LogP contribution in [0.25, 0.3) is 0 Å². The van der Waals surface area contributed by atoms with Gasteiger partial charge in [0.2, 0.25) is 0 Å². The Morgan fingerprint density at radius 3 is 2.36 bits per heavy atom. The summed E-state index contributed by atoms with van der Waals surface area (Å²) in [6.07, 6.45) is 0.731. The molecule has 0 unspecified atom stereocenters. The van der Waals surface area contributed by atoms with Gasteiger partial charge in [0.15, 0.2) is 8.32 Å². The van der Waals surface area contributed by atoms with Crippen LogP contribution in [-0.4, -0.2) is 44.5 Å². The average Bonchev–Trinajstić information content (AvgIpc) is 1.95. The zero-order valence-electron chi connectivity index (χ0n) is 9.59. The molecule has 0 rings (SSSR count). The van der Waals surface area contributed by atoms with E-state index >= 15 is 0 Å². The summed E-state index contributed by atoms with van der Waals surface area (Å²) in [6.45, 7) is 9.20. The van der Waals surface area contributed by atoms with Gasteiger partial charge in [0.1, 0.15) is 0 Å². The molecule has 0 saturated heterocycles. The molecule has 0 heterocycles. The third kappa shape index (κ3) is 10.1. The van der Waals surface area contributed by atoms with Crippen molar-refractivity contribution < 1.29 is 14.3 Å². The van der Waals surface area contributed by atoms with Gasteiger partial charge in [0.25, 0.3) is 0 Å². The fourth-order valence-corrected chi connectivity index (χ4v) is 1.80. The molecule has 0 saturated carbocycles. The van der Waals surface area contributed by atoms with Gasteiger partial charge in [0, 0.05) is 24.4 Å². The Labute approximate surface area is 98.8 Å². The normalized spacial score (nSPS) is 10.3. The smallest absolute Gasteiger partial charge is 0.333 e. The Morgan fingerprint density at radius 1 is 1.50 bits per heavy atom. The summed E-state index contributed by atoms with van der Waals surface area (Å²) in [5.74, 6) is -0.350. The Hall–Kier alpha value is -0.0157. The number of hydrogen-bond acceptors (Lipinski definition) is 3. The first-order valence-electron chi connectivity index (χ1n) is 4.38. The fraction of sp³-hybridized carbons (Fsp3) is 0.667. The quantitative estimate of drug-likeness (QED) is 0.321. The Morgan fingerprint density at radius 2 is 2.00 bits per heavy atom. The van der Waals surface area contributed by atoms with Crippen LogP contribution in [0.4, 0.5) is 0 Å². The molecule has 0 spiro atoms. The van der Waals surface area contributed by atoms with Crippen LogP contribution in [-0.2, 0) is 9.53 Å². The number of esters is 1. The maximum Gasteiger partial charge on any atom is 0.333 e. The predicted molar refractivity (Wildman–Crippen MR) is 60.7 cm³/mol. The van der Waals surface area contributed by atoms with Gasteiger partial charge in [-0.25, -0.2) is 4.79 Å². The maximum atomic E-state index is 10.9. The van der Waals surface area contributed by atoms with Crippen molar-refractivity contribution in [1.82, 2.24) is 0 Å². The molecule has 77 valence electrons. The zero-order valence-corrected chi connectivity index (χ0v) is 10.6. The second-order valence-corrected chi connectivity index (χ2v) is 7.96. The van der Waals surface area contributed by atoms with Crippen LogP contribution in [0.2, 0.25) is 19.1 Å². The van der Waals surface area contributed by atoms with Crippen LogP contribution >= 0.6 is 0 Å². The van der Waals surface area contributed by atoms with Crippen molar-refractivity contribution in [1.29, 1.82) is 0 Å². The van der Waals surface area contributed by atoms with Crippen molar-refractivity contribution >= 4 is 33.1 Å². The molecular weight excluding hydrogens is 191 g/mol. The van der Waals surface area contributed by atoms with Crippen LogP contribution in [0.3, 0.4) is 0 Å². The summed E-state index contributed by atoms with van der Waals surface area (Å²) in [4.78, 5) is 20.4. The van der Waals surface area contributed by atoms with E-state index in [-0.39, 0.29) is 24.8 Å². The van der Waals surface area contributed by atoms with E-state index in [1.807, 2.05) is 13.1 Å². The molecule has 0 aromatic heterocycles. The van der Waals surface area contributed by atoms with E-state index < -0.39 is 8.32 Å². The Bertz CT molecular complexity index is 199. The van der Waals surface area contributed by atoms with Crippen molar-refractivity contribution in [2.45, 2.75) is 32.5 Å². The molecule has 0 atom stereocenters.